The Balaban J connectivity index is 3.08. The molecular formula is C14H23NO2. The van der Waals surface area contributed by atoms with E-state index >= 15 is 0 Å². The Morgan fingerprint density at radius 2 is 2.00 bits per heavy atom. The van der Waals surface area contributed by atoms with E-state index in [0.717, 1.165) is 17.9 Å². The maximum absolute atomic E-state index is 9.23. The highest BCUT2D eigenvalue weighted by Crippen LogP contribution is 2.32. The molecule has 0 bridgehead atoms. The molecule has 1 unspecified atom stereocenters. The van der Waals surface area contributed by atoms with Gasteiger partial charge < -0.3 is 15.2 Å². The van der Waals surface area contributed by atoms with Crippen molar-refractivity contribution < 1.29 is 9.84 Å². The minimum atomic E-state index is -0.241. The lowest BCUT2D eigenvalue weighted by molar-refractivity contribution is 0.217. The molecule has 0 aliphatic carbocycles. The van der Waals surface area contributed by atoms with Crippen molar-refractivity contribution >= 4 is 0 Å². The molecular weight excluding hydrogens is 214 g/mol. The van der Waals surface area contributed by atoms with Crippen LogP contribution in [-0.2, 0) is 5.54 Å². The van der Waals surface area contributed by atoms with Crippen LogP contribution in [0.5, 0.6) is 5.75 Å². The highest BCUT2D eigenvalue weighted by Gasteiger charge is 2.27. The second-order valence-corrected chi connectivity index (χ2v) is 4.27. The van der Waals surface area contributed by atoms with Crippen molar-refractivity contribution in [1.29, 1.82) is 0 Å². The van der Waals surface area contributed by atoms with E-state index in [1.807, 2.05) is 25.1 Å². The molecule has 0 saturated carbocycles. The molecule has 0 heterocycles. The van der Waals surface area contributed by atoms with Crippen molar-refractivity contribution in [1.82, 2.24) is 5.32 Å². The fourth-order valence-corrected chi connectivity index (χ4v) is 2.14. The third-order valence-corrected chi connectivity index (χ3v) is 2.96. The van der Waals surface area contributed by atoms with Crippen molar-refractivity contribution in [3.8, 4) is 5.75 Å². The minimum absolute atomic E-state index is 0.157. The van der Waals surface area contributed by atoms with Gasteiger partial charge in [-0.1, -0.05) is 25.1 Å². The fraction of sp³-hybridized carbons (Fsp3) is 0.571. The average Bonchev–Trinajstić information content (AvgIpc) is 2.31. The zero-order chi connectivity index (χ0) is 12.7. The van der Waals surface area contributed by atoms with Crippen molar-refractivity contribution in [2.75, 3.05) is 19.8 Å². The summed E-state index contributed by atoms with van der Waals surface area (Å²) in [6.07, 6.45) is 0.672. The van der Waals surface area contributed by atoms with Crippen molar-refractivity contribution in [2.24, 2.45) is 0 Å². The number of ether oxygens (including phenoxy) is 1. The Hall–Kier alpha value is -1.06. The van der Waals surface area contributed by atoms with Gasteiger partial charge >= 0.3 is 0 Å². The van der Waals surface area contributed by atoms with E-state index in [-0.39, 0.29) is 12.1 Å². The van der Waals surface area contributed by atoms with Gasteiger partial charge in [0, 0.05) is 17.7 Å². The molecule has 1 aromatic rings. The van der Waals surface area contributed by atoms with Crippen LogP contribution in [0.3, 0.4) is 0 Å². The standard InChI is InChI=1S/C14H23NO2/c1-4-15-14(3,10-11-16)12-8-6-7-9-13(12)17-5-2/h6-9,15-16H,4-5,10-11H2,1-3H3. The lowest BCUT2D eigenvalue weighted by atomic mass is 9.88. The molecule has 0 radical (unpaired) electrons. The molecule has 96 valence electrons. The second kappa shape index (κ2) is 6.62. The molecule has 0 aliphatic heterocycles. The van der Waals surface area contributed by atoms with Crippen molar-refractivity contribution in [3.05, 3.63) is 29.8 Å². The van der Waals surface area contributed by atoms with Gasteiger partial charge in [-0.3, -0.25) is 0 Å². The second-order valence-electron chi connectivity index (χ2n) is 4.27. The van der Waals surface area contributed by atoms with E-state index in [9.17, 15) is 5.11 Å². The SMILES string of the molecule is CCNC(C)(CCO)c1ccccc1OCC. The van der Waals surface area contributed by atoms with E-state index in [1.54, 1.807) is 0 Å². The lowest BCUT2D eigenvalue weighted by Crippen LogP contribution is -2.40. The van der Waals surface area contributed by atoms with Crippen LogP contribution in [-0.4, -0.2) is 24.9 Å². The van der Waals surface area contributed by atoms with E-state index in [1.165, 1.54) is 0 Å². The Morgan fingerprint density at radius 3 is 2.59 bits per heavy atom. The highest BCUT2D eigenvalue weighted by atomic mass is 16.5. The van der Waals surface area contributed by atoms with Crippen LogP contribution in [0.2, 0.25) is 0 Å². The minimum Gasteiger partial charge on any atom is -0.494 e. The number of aliphatic hydroxyl groups excluding tert-OH is 1. The first kappa shape index (κ1) is 14.0. The topological polar surface area (TPSA) is 41.5 Å². The quantitative estimate of drug-likeness (QED) is 0.764. The molecule has 3 heteroatoms. The summed E-state index contributed by atoms with van der Waals surface area (Å²) in [4.78, 5) is 0. The lowest BCUT2D eigenvalue weighted by Gasteiger charge is -2.32. The molecule has 1 rings (SSSR count). The molecule has 17 heavy (non-hydrogen) atoms. The first-order chi connectivity index (χ1) is 8.18. The van der Waals surface area contributed by atoms with Gasteiger partial charge in [-0.05, 0) is 32.9 Å². The number of nitrogens with one attached hydrogen (secondary N) is 1. The maximum Gasteiger partial charge on any atom is 0.124 e. The number of hydrogen-bond donors (Lipinski definition) is 2. The Morgan fingerprint density at radius 1 is 1.29 bits per heavy atom. The number of para-hydroxylation sites is 1. The molecule has 3 nitrogen and oxygen atoms in total. The van der Waals surface area contributed by atoms with Gasteiger partial charge in [-0.25, -0.2) is 0 Å². The van der Waals surface area contributed by atoms with Gasteiger partial charge in [0.15, 0.2) is 0 Å². The van der Waals surface area contributed by atoms with Crippen LogP contribution in [0.15, 0.2) is 24.3 Å². The summed E-state index contributed by atoms with van der Waals surface area (Å²) in [5.41, 5.74) is 0.868. The predicted octanol–water partition coefficient (Wildman–Crippen LogP) is 2.29. The van der Waals surface area contributed by atoms with Gasteiger partial charge in [0.1, 0.15) is 5.75 Å². The van der Waals surface area contributed by atoms with E-state index in [0.29, 0.717) is 13.0 Å². The number of hydrogen-bond acceptors (Lipinski definition) is 3. The maximum atomic E-state index is 9.23. The summed E-state index contributed by atoms with van der Waals surface area (Å²) in [6.45, 7) is 7.82. The summed E-state index contributed by atoms with van der Waals surface area (Å²) >= 11 is 0. The number of aliphatic hydroxyl groups is 1. The van der Waals surface area contributed by atoms with Crippen LogP contribution >= 0.6 is 0 Å². The normalized spacial score (nSPS) is 14.4. The van der Waals surface area contributed by atoms with Crippen LogP contribution in [0, 0.1) is 0 Å². The van der Waals surface area contributed by atoms with Gasteiger partial charge in [-0.2, -0.15) is 0 Å². The fourth-order valence-electron chi connectivity index (χ4n) is 2.14. The molecule has 1 atom stereocenters. The molecule has 0 saturated heterocycles. The highest BCUT2D eigenvalue weighted by molar-refractivity contribution is 5.38. The molecule has 0 fully saturated rings. The summed E-state index contributed by atoms with van der Waals surface area (Å²) in [5, 5.41) is 12.7. The molecule has 0 aliphatic rings. The first-order valence-corrected chi connectivity index (χ1v) is 6.26. The summed E-state index contributed by atoms with van der Waals surface area (Å²) in [7, 11) is 0. The Kier molecular flexibility index (Phi) is 5.45. The van der Waals surface area contributed by atoms with Gasteiger partial charge in [0.05, 0.1) is 6.61 Å². The van der Waals surface area contributed by atoms with Crippen molar-refractivity contribution in [3.63, 3.8) is 0 Å². The van der Waals surface area contributed by atoms with Gasteiger partial charge in [-0.15, -0.1) is 0 Å². The van der Waals surface area contributed by atoms with Crippen molar-refractivity contribution in [2.45, 2.75) is 32.7 Å². The summed E-state index contributed by atoms with van der Waals surface area (Å²) < 4.78 is 5.65. The van der Waals surface area contributed by atoms with E-state index in [4.69, 9.17) is 4.74 Å². The largest absolute Gasteiger partial charge is 0.494 e. The van der Waals surface area contributed by atoms with Crippen LogP contribution in [0.25, 0.3) is 0 Å². The zero-order valence-electron chi connectivity index (χ0n) is 11.0. The van der Waals surface area contributed by atoms with E-state index < -0.39 is 0 Å². The molecule has 2 N–H and O–H groups in total. The predicted molar refractivity (Wildman–Crippen MR) is 70.3 cm³/mol. The molecule has 0 aromatic heterocycles. The summed E-state index contributed by atoms with van der Waals surface area (Å²) in [5.74, 6) is 0.895. The van der Waals surface area contributed by atoms with E-state index in [2.05, 4.69) is 25.2 Å². The number of benzene rings is 1. The average molecular weight is 237 g/mol. The summed E-state index contributed by atoms with van der Waals surface area (Å²) in [6, 6.07) is 8.01. The van der Waals surface area contributed by atoms with Crippen LogP contribution in [0.1, 0.15) is 32.8 Å². The van der Waals surface area contributed by atoms with Crippen LogP contribution < -0.4 is 10.1 Å². The smallest absolute Gasteiger partial charge is 0.124 e. The molecule has 1 aromatic carbocycles. The third kappa shape index (κ3) is 3.45. The Labute approximate surface area is 104 Å². The molecule has 0 spiro atoms. The first-order valence-electron chi connectivity index (χ1n) is 6.26. The molecule has 0 amide bonds. The van der Waals surface area contributed by atoms with Crippen LogP contribution in [0.4, 0.5) is 0 Å². The van der Waals surface area contributed by atoms with Gasteiger partial charge in [0.2, 0.25) is 0 Å². The zero-order valence-corrected chi connectivity index (χ0v) is 11.0. The Bertz CT molecular complexity index is 333. The number of rotatable bonds is 7. The monoisotopic (exact) mass is 237 g/mol. The van der Waals surface area contributed by atoms with Gasteiger partial charge in [0.25, 0.3) is 0 Å². The third-order valence-electron chi connectivity index (χ3n) is 2.96.